The zero-order valence-electron chi connectivity index (χ0n) is 15.8. The maximum absolute atomic E-state index is 13.3. The molecule has 4 rings (SSSR count). The van der Waals surface area contributed by atoms with Crippen molar-refractivity contribution in [2.45, 2.75) is 31.6 Å². The summed E-state index contributed by atoms with van der Waals surface area (Å²) in [5.41, 5.74) is 0. The fourth-order valence-electron chi connectivity index (χ4n) is 3.24. The predicted octanol–water partition coefficient (Wildman–Crippen LogP) is 2.91. The fourth-order valence-corrected chi connectivity index (χ4v) is 6.78. The Morgan fingerprint density at radius 3 is 2.90 bits per heavy atom. The van der Waals surface area contributed by atoms with Crippen LogP contribution in [0.1, 0.15) is 23.6 Å². The lowest BCUT2D eigenvalue weighted by Crippen LogP contribution is -2.43. The van der Waals surface area contributed by atoms with Gasteiger partial charge >= 0.3 is 0 Å². The molecule has 154 valence electrons. The van der Waals surface area contributed by atoms with E-state index in [0.29, 0.717) is 46.0 Å². The van der Waals surface area contributed by atoms with Gasteiger partial charge in [0.25, 0.3) is 0 Å². The lowest BCUT2D eigenvalue weighted by Gasteiger charge is -2.31. The number of piperidine rings is 1. The van der Waals surface area contributed by atoms with Crippen LogP contribution in [0.5, 0.6) is 0 Å². The number of aromatic nitrogens is 3. The van der Waals surface area contributed by atoms with E-state index in [1.165, 1.54) is 27.0 Å². The third-order valence-corrected chi connectivity index (χ3v) is 8.51. The highest BCUT2D eigenvalue weighted by molar-refractivity contribution is 7.89. The first-order chi connectivity index (χ1) is 13.8. The number of anilines is 1. The molecule has 1 N–H and O–H groups in total. The zero-order chi connectivity index (χ0) is 20.6. The summed E-state index contributed by atoms with van der Waals surface area (Å²) in [7, 11) is -3.74. The topological polar surface area (TPSA) is 118 Å². The Labute approximate surface area is 175 Å². The highest BCUT2D eigenvalue weighted by Gasteiger charge is 2.35. The minimum absolute atomic E-state index is 0.144. The van der Waals surface area contributed by atoms with Crippen LogP contribution in [0, 0.1) is 19.8 Å². The van der Waals surface area contributed by atoms with Crippen LogP contribution < -0.4 is 5.32 Å². The molecule has 4 heterocycles. The first kappa shape index (κ1) is 20.1. The van der Waals surface area contributed by atoms with E-state index in [1.54, 1.807) is 31.5 Å². The molecule has 1 atom stereocenters. The summed E-state index contributed by atoms with van der Waals surface area (Å²) in [6.45, 7) is 3.96. The smallest absolute Gasteiger partial charge is 0.244 e. The fraction of sp³-hybridized carbons (Fsp3) is 0.412. The Kier molecular flexibility index (Phi) is 5.51. The van der Waals surface area contributed by atoms with Gasteiger partial charge in [-0.3, -0.25) is 4.79 Å². The number of sulfonamides is 1. The number of hydrogen-bond donors (Lipinski definition) is 1. The van der Waals surface area contributed by atoms with E-state index in [0.717, 1.165) is 0 Å². The molecule has 0 aromatic carbocycles. The third kappa shape index (κ3) is 4.10. The van der Waals surface area contributed by atoms with Crippen LogP contribution in [-0.2, 0) is 14.8 Å². The second-order valence-electron chi connectivity index (χ2n) is 6.70. The summed E-state index contributed by atoms with van der Waals surface area (Å²) in [5.74, 6) is 0.169. The SMILES string of the molecule is Cc1nc(-c2cc(S(=O)(=O)N3CCC[C@H](C(=O)Nc4nccs4)C3)c(C)s2)no1. The van der Waals surface area contributed by atoms with Gasteiger partial charge in [-0.2, -0.15) is 9.29 Å². The number of nitrogens with zero attached hydrogens (tertiary/aromatic N) is 4. The van der Waals surface area contributed by atoms with E-state index >= 15 is 0 Å². The van der Waals surface area contributed by atoms with Gasteiger partial charge in [-0.25, -0.2) is 13.4 Å². The van der Waals surface area contributed by atoms with Crippen molar-refractivity contribution < 1.29 is 17.7 Å². The van der Waals surface area contributed by atoms with E-state index in [-0.39, 0.29) is 17.3 Å². The van der Waals surface area contributed by atoms with Crippen molar-refractivity contribution in [3.63, 3.8) is 0 Å². The first-order valence-corrected chi connectivity index (χ1v) is 12.1. The molecule has 0 spiro atoms. The van der Waals surface area contributed by atoms with Gasteiger partial charge in [0, 0.05) is 36.5 Å². The van der Waals surface area contributed by atoms with Gasteiger partial charge < -0.3 is 9.84 Å². The molecule has 0 unspecified atom stereocenters. The van der Waals surface area contributed by atoms with Crippen molar-refractivity contribution in [2.24, 2.45) is 5.92 Å². The molecule has 1 fully saturated rings. The molecule has 1 aliphatic rings. The van der Waals surface area contributed by atoms with Gasteiger partial charge in [0.15, 0.2) is 5.13 Å². The number of aryl methyl sites for hydroxylation is 2. The average Bonchev–Trinajstić information content (AvgIpc) is 3.43. The summed E-state index contributed by atoms with van der Waals surface area (Å²) in [4.78, 5) is 22.3. The van der Waals surface area contributed by atoms with Crippen molar-refractivity contribution in [3.8, 4) is 10.7 Å². The molecular weight excluding hydrogens is 434 g/mol. The highest BCUT2D eigenvalue weighted by atomic mass is 32.2. The average molecular weight is 454 g/mol. The number of thiazole rings is 1. The molecule has 1 aliphatic heterocycles. The molecule has 1 saturated heterocycles. The quantitative estimate of drug-likeness (QED) is 0.631. The molecule has 3 aromatic rings. The summed E-state index contributed by atoms with van der Waals surface area (Å²) in [5, 5.41) is 8.92. The second-order valence-corrected chi connectivity index (χ2v) is 10.8. The Bertz CT molecular complexity index is 1120. The molecule has 12 heteroatoms. The molecule has 0 bridgehead atoms. The van der Waals surface area contributed by atoms with Crippen molar-refractivity contribution in [3.05, 3.63) is 28.4 Å². The Balaban J connectivity index is 1.54. The number of thiophene rings is 1. The lowest BCUT2D eigenvalue weighted by molar-refractivity contribution is -0.120. The molecule has 1 amide bonds. The van der Waals surface area contributed by atoms with Crippen molar-refractivity contribution in [2.75, 3.05) is 18.4 Å². The number of rotatable bonds is 5. The summed E-state index contributed by atoms with van der Waals surface area (Å²) < 4.78 is 32.9. The normalized spacial score (nSPS) is 18.1. The van der Waals surface area contributed by atoms with Crippen molar-refractivity contribution >= 4 is 43.7 Å². The van der Waals surface area contributed by atoms with Gasteiger partial charge in [-0.15, -0.1) is 22.7 Å². The minimum Gasteiger partial charge on any atom is -0.339 e. The van der Waals surface area contributed by atoms with Crippen LogP contribution in [0.15, 0.2) is 27.1 Å². The number of amides is 1. The minimum atomic E-state index is -3.74. The number of hydrogen-bond acceptors (Lipinski definition) is 9. The molecule has 29 heavy (non-hydrogen) atoms. The van der Waals surface area contributed by atoms with E-state index in [4.69, 9.17) is 4.52 Å². The van der Waals surface area contributed by atoms with Crippen molar-refractivity contribution in [1.29, 1.82) is 0 Å². The van der Waals surface area contributed by atoms with E-state index in [1.807, 2.05) is 0 Å². The maximum Gasteiger partial charge on any atom is 0.244 e. The van der Waals surface area contributed by atoms with Crippen LogP contribution in [0.2, 0.25) is 0 Å². The van der Waals surface area contributed by atoms with Crippen LogP contribution in [-0.4, -0.2) is 46.8 Å². The third-order valence-electron chi connectivity index (χ3n) is 4.66. The van der Waals surface area contributed by atoms with Gasteiger partial charge in [-0.05, 0) is 25.8 Å². The molecule has 9 nitrogen and oxygen atoms in total. The zero-order valence-corrected chi connectivity index (χ0v) is 18.2. The second kappa shape index (κ2) is 7.94. The van der Waals surface area contributed by atoms with Crippen LogP contribution >= 0.6 is 22.7 Å². The van der Waals surface area contributed by atoms with Gasteiger partial charge in [-0.1, -0.05) is 5.16 Å². The lowest BCUT2D eigenvalue weighted by atomic mass is 9.99. The van der Waals surface area contributed by atoms with Gasteiger partial charge in [0.2, 0.25) is 27.6 Å². The van der Waals surface area contributed by atoms with Crippen LogP contribution in [0.4, 0.5) is 5.13 Å². The Hall–Kier alpha value is -2.15. The Morgan fingerprint density at radius 2 is 2.21 bits per heavy atom. The van der Waals surface area contributed by atoms with Crippen LogP contribution in [0.25, 0.3) is 10.7 Å². The summed E-state index contributed by atoms with van der Waals surface area (Å²) in [6.07, 6.45) is 2.87. The maximum atomic E-state index is 13.3. The Morgan fingerprint density at radius 1 is 1.38 bits per heavy atom. The predicted molar refractivity (Wildman–Crippen MR) is 109 cm³/mol. The van der Waals surface area contributed by atoms with Crippen LogP contribution in [0.3, 0.4) is 0 Å². The van der Waals surface area contributed by atoms with Crippen molar-refractivity contribution in [1.82, 2.24) is 19.4 Å². The van der Waals surface area contributed by atoms with E-state index in [9.17, 15) is 13.2 Å². The highest BCUT2D eigenvalue weighted by Crippen LogP contribution is 2.35. The number of carbonyl (C=O) groups is 1. The summed E-state index contributed by atoms with van der Waals surface area (Å²) in [6, 6.07) is 1.58. The number of nitrogens with one attached hydrogen (secondary N) is 1. The summed E-state index contributed by atoms with van der Waals surface area (Å²) >= 11 is 2.63. The number of carbonyl (C=O) groups excluding carboxylic acids is 1. The molecule has 0 aliphatic carbocycles. The molecule has 0 radical (unpaired) electrons. The van der Waals surface area contributed by atoms with E-state index < -0.39 is 15.9 Å². The first-order valence-electron chi connectivity index (χ1n) is 8.96. The monoisotopic (exact) mass is 453 g/mol. The standard InChI is InChI=1S/C17H19N5O4S3/c1-10-14(8-13(28-10)15-19-11(2)26-21-15)29(24,25)22-6-3-4-12(9-22)16(23)20-17-18-5-7-27-17/h5,7-8,12H,3-4,6,9H2,1-2H3,(H,18,20,23)/t12-/m0/s1. The van der Waals surface area contributed by atoms with Gasteiger partial charge in [0.05, 0.1) is 15.7 Å². The molecular formula is C17H19N5O4S3. The van der Waals surface area contributed by atoms with E-state index in [2.05, 4.69) is 20.4 Å². The molecule has 0 saturated carbocycles. The molecule has 3 aromatic heterocycles. The van der Waals surface area contributed by atoms with Gasteiger partial charge in [0.1, 0.15) is 0 Å². The largest absolute Gasteiger partial charge is 0.339 e.